The van der Waals surface area contributed by atoms with Gasteiger partial charge in [-0.1, -0.05) is 75.7 Å². The number of rotatable bonds is 10. The molecule has 0 spiro atoms. The molecule has 3 atom stereocenters. The minimum atomic E-state index is -0.608. The summed E-state index contributed by atoms with van der Waals surface area (Å²) in [6, 6.07) is 15.6. The Morgan fingerprint density at radius 2 is 1.62 bits per heavy atom. The van der Waals surface area contributed by atoms with E-state index in [-0.39, 0.29) is 42.7 Å². The largest absolute Gasteiger partial charge is 0.344 e. The molecule has 1 fully saturated rings. The highest BCUT2D eigenvalue weighted by atomic mass is 35.5. The zero-order valence-electron chi connectivity index (χ0n) is 24.1. The Balaban J connectivity index is 0.00000280. The lowest BCUT2D eigenvalue weighted by atomic mass is 9.92. The van der Waals surface area contributed by atoms with E-state index in [0.717, 1.165) is 25.2 Å². The van der Waals surface area contributed by atoms with Crippen molar-refractivity contribution in [3.8, 4) is 0 Å². The lowest BCUT2D eigenvalue weighted by molar-refractivity contribution is -0.138. The third-order valence-corrected chi connectivity index (χ3v) is 8.17. The number of piperazine rings is 1. The van der Waals surface area contributed by atoms with Crippen LogP contribution in [0, 0.1) is 11.8 Å². The van der Waals surface area contributed by atoms with E-state index in [0.29, 0.717) is 48.8 Å². The third kappa shape index (κ3) is 9.09. The van der Waals surface area contributed by atoms with Crippen LogP contribution in [0.4, 0.5) is 0 Å². The fourth-order valence-corrected chi connectivity index (χ4v) is 6.00. The summed E-state index contributed by atoms with van der Waals surface area (Å²) in [5.74, 6) is 1.10. The molecule has 2 amide bonds. The Morgan fingerprint density at radius 3 is 2.25 bits per heavy atom. The number of nitrogens with zero attached hydrogens (tertiary/aromatic N) is 2. The number of amides is 2. The molecule has 0 aromatic heterocycles. The first kappa shape index (κ1) is 34.4. The number of carbonyl (C=O) groups is 2. The lowest BCUT2D eigenvalue weighted by Crippen LogP contribution is -2.57. The topological polar surface area (TPSA) is 64.7 Å². The van der Waals surface area contributed by atoms with Crippen LogP contribution in [0.5, 0.6) is 0 Å². The molecular formula is C31H45Cl3N4O2. The summed E-state index contributed by atoms with van der Waals surface area (Å²) in [6.07, 6.45) is 1.91. The first-order valence-electron chi connectivity index (χ1n) is 14.1. The van der Waals surface area contributed by atoms with E-state index in [1.807, 2.05) is 41.3 Å². The molecule has 0 aliphatic carbocycles. The summed E-state index contributed by atoms with van der Waals surface area (Å²) < 4.78 is 0. The number of hydrogen-bond donors (Lipinski definition) is 2. The highest BCUT2D eigenvalue weighted by Gasteiger charge is 2.33. The maximum absolute atomic E-state index is 13.8. The van der Waals surface area contributed by atoms with E-state index in [9.17, 15) is 9.59 Å². The minimum absolute atomic E-state index is 0. The molecule has 9 heteroatoms. The number of hydrogen-bond acceptors (Lipinski definition) is 4. The lowest BCUT2D eigenvalue weighted by Gasteiger charge is -2.42. The maximum atomic E-state index is 13.8. The zero-order chi connectivity index (χ0) is 27.2. The monoisotopic (exact) mass is 610 g/mol. The van der Waals surface area contributed by atoms with E-state index in [1.165, 1.54) is 17.5 Å². The molecule has 2 aromatic rings. The highest BCUT2D eigenvalue weighted by Crippen LogP contribution is 2.27. The van der Waals surface area contributed by atoms with Crippen molar-refractivity contribution in [1.82, 2.24) is 20.4 Å². The van der Waals surface area contributed by atoms with Crippen LogP contribution in [-0.4, -0.2) is 59.9 Å². The second-order valence-corrected chi connectivity index (χ2v) is 12.0. The summed E-state index contributed by atoms with van der Waals surface area (Å²) in [4.78, 5) is 31.5. The van der Waals surface area contributed by atoms with Gasteiger partial charge in [-0.15, -0.1) is 24.8 Å². The van der Waals surface area contributed by atoms with Crippen molar-refractivity contribution < 1.29 is 9.59 Å². The minimum Gasteiger partial charge on any atom is -0.344 e. The van der Waals surface area contributed by atoms with Gasteiger partial charge in [0.05, 0.1) is 0 Å². The Hall–Kier alpha value is -1.83. The Bertz CT molecular complexity index is 1090. The van der Waals surface area contributed by atoms with Crippen molar-refractivity contribution in [3.63, 3.8) is 0 Å². The van der Waals surface area contributed by atoms with Gasteiger partial charge in [-0.3, -0.25) is 14.5 Å². The smallest absolute Gasteiger partial charge is 0.245 e. The number of benzene rings is 2. The predicted octanol–water partition coefficient (Wildman–Crippen LogP) is 5.66. The molecule has 2 aliphatic heterocycles. The van der Waals surface area contributed by atoms with Crippen molar-refractivity contribution in [3.05, 3.63) is 70.2 Å². The van der Waals surface area contributed by atoms with Crippen LogP contribution in [0.2, 0.25) is 5.02 Å². The van der Waals surface area contributed by atoms with Crippen LogP contribution in [0.15, 0.2) is 48.5 Å². The van der Waals surface area contributed by atoms with Crippen LogP contribution >= 0.6 is 36.4 Å². The summed E-state index contributed by atoms with van der Waals surface area (Å²) in [5, 5.41) is 7.19. The Labute approximate surface area is 257 Å². The zero-order valence-corrected chi connectivity index (χ0v) is 26.5. The molecule has 0 radical (unpaired) electrons. The molecule has 2 N–H and O–H groups in total. The van der Waals surface area contributed by atoms with Gasteiger partial charge in [0.25, 0.3) is 0 Å². The van der Waals surface area contributed by atoms with Crippen molar-refractivity contribution >= 4 is 48.2 Å². The number of halogens is 3. The predicted molar refractivity (Wildman–Crippen MR) is 168 cm³/mol. The average Bonchev–Trinajstić information content (AvgIpc) is 3.30. The van der Waals surface area contributed by atoms with E-state index in [4.69, 9.17) is 11.6 Å². The van der Waals surface area contributed by atoms with Gasteiger partial charge in [-0.2, -0.15) is 0 Å². The van der Waals surface area contributed by atoms with Crippen molar-refractivity contribution in [1.29, 1.82) is 0 Å². The van der Waals surface area contributed by atoms with Gasteiger partial charge < -0.3 is 15.5 Å². The number of nitrogens with one attached hydrogen (secondary N) is 2. The van der Waals surface area contributed by atoms with Crippen molar-refractivity contribution in [2.75, 3.05) is 26.2 Å². The quantitative estimate of drug-likeness (QED) is 0.364. The summed E-state index contributed by atoms with van der Waals surface area (Å²) in [6.45, 7) is 13.0. The second kappa shape index (κ2) is 16.0. The summed E-state index contributed by atoms with van der Waals surface area (Å²) >= 11 is 6.09. The third-order valence-electron chi connectivity index (χ3n) is 7.92. The standard InChI is InChI=1S/C31H43ClN4O2.2ClH/c1-21(2)17-29(22(3)4)35-13-15-36(16-14-35)31(38)28(18-23-9-11-25(32)12-10-23)34-30(37)19-27-26-8-6-5-7-24(26)20-33-27;;/h5-12,21-22,27-29,33H,13-20H2,1-4H3,(H,34,37);2*1H/t27?,28-,29?;;/m1../s1. The molecule has 2 aromatic carbocycles. The molecule has 2 aliphatic rings. The van der Waals surface area contributed by atoms with Gasteiger partial charge in [0.15, 0.2) is 0 Å². The fourth-order valence-electron chi connectivity index (χ4n) is 5.88. The molecule has 40 heavy (non-hydrogen) atoms. The number of fused-ring (bicyclic) bond motifs is 1. The van der Waals surface area contributed by atoms with Crippen LogP contribution in [0.1, 0.15) is 63.3 Å². The second-order valence-electron chi connectivity index (χ2n) is 11.6. The number of carbonyl (C=O) groups excluding carboxylic acids is 2. The van der Waals surface area contributed by atoms with Gasteiger partial charge in [0.1, 0.15) is 6.04 Å². The Morgan fingerprint density at radius 1 is 0.975 bits per heavy atom. The van der Waals surface area contributed by atoms with E-state index >= 15 is 0 Å². The van der Waals surface area contributed by atoms with Crippen LogP contribution in [0.3, 0.4) is 0 Å². The average molecular weight is 612 g/mol. The molecule has 2 unspecified atom stereocenters. The molecule has 0 bridgehead atoms. The summed E-state index contributed by atoms with van der Waals surface area (Å²) in [7, 11) is 0. The summed E-state index contributed by atoms with van der Waals surface area (Å²) in [5.41, 5.74) is 3.38. The fraction of sp³-hybridized carbons (Fsp3) is 0.548. The highest BCUT2D eigenvalue weighted by molar-refractivity contribution is 6.30. The van der Waals surface area contributed by atoms with Gasteiger partial charge in [0, 0.05) is 62.7 Å². The molecule has 4 rings (SSSR count). The molecule has 6 nitrogen and oxygen atoms in total. The van der Waals surface area contributed by atoms with Crippen LogP contribution in [0.25, 0.3) is 0 Å². The van der Waals surface area contributed by atoms with E-state index < -0.39 is 6.04 Å². The van der Waals surface area contributed by atoms with Gasteiger partial charge in [-0.05, 0) is 47.1 Å². The Kier molecular flexibility index (Phi) is 13.7. The van der Waals surface area contributed by atoms with Crippen LogP contribution < -0.4 is 10.6 Å². The van der Waals surface area contributed by atoms with Crippen molar-refractivity contribution in [2.45, 2.75) is 71.6 Å². The first-order valence-corrected chi connectivity index (χ1v) is 14.5. The van der Waals surface area contributed by atoms with Gasteiger partial charge >= 0.3 is 0 Å². The normalized spacial score (nSPS) is 18.5. The molecular weight excluding hydrogens is 567 g/mol. The molecule has 0 saturated carbocycles. The van der Waals surface area contributed by atoms with Crippen molar-refractivity contribution in [2.24, 2.45) is 11.8 Å². The van der Waals surface area contributed by atoms with E-state index in [1.54, 1.807) is 0 Å². The molecule has 1 saturated heterocycles. The van der Waals surface area contributed by atoms with Gasteiger partial charge in [0.2, 0.25) is 11.8 Å². The van der Waals surface area contributed by atoms with Gasteiger partial charge in [-0.25, -0.2) is 0 Å². The van der Waals surface area contributed by atoms with Crippen LogP contribution in [-0.2, 0) is 22.6 Å². The maximum Gasteiger partial charge on any atom is 0.245 e. The SMILES string of the molecule is CC(C)CC(C(C)C)N1CCN(C(=O)[C@@H](Cc2ccc(Cl)cc2)NC(=O)CC2NCc3ccccc32)CC1.Cl.Cl. The first-order chi connectivity index (χ1) is 18.2. The molecule has 2 heterocycles. The van der Waals surface area contributed by atoms with E-state index in [2.05, 4.69) is 55.4 Å². The molecule has 222 valence electrons.